The van der Waals surface area contributed by atoms with Crippen LogP contribution in [0.25, 0.3) is 0 Å². The summed E-state index contributed by atoms with van der Waals surface area (Å²) in [5.41, 5.74) is 0. The second-order valence-corrected chi connectivity index (χ2v) is 7.63. The topological polar surface area (TPSA) is 264 Å². The minimum atomic E-state index is -5.37. The Labute approximate surface area is 172 Å². The number of nitrogens with one attached hydrogen (secondary N) is 1. The number of aliphatic hydroxyl groups is 7. The van der Waals surface area contributed by atoms with Crippen LogP contribution in [-0.2, 0) is 23.4 Å². The van der Waals surface area contributed by atoms with E-state index in [2.05, 4.69) is 9.42 Å². The Bertz CT molecular complexity index is 688. The van der Waals surface area contributed by atoms with Crippen LogP contribution in [0.4, 0.5) is 0 Å². The number of rotatable bonds is 11. The summed E-state index contributed by atoms with van der Waals surface area (Å²) in [6.45, 7) is -2.95. The van der Waals surface area contributed by atoms with Gasteiger partial charge in [-0.15, -0.1) is 0 Å². The van der Waals surface area contributed by atoms with Gasteiger partial charge in [-0.25, -0.2) is 4.57 Å². The van der Waals surface area contributed by atoms with Gasteiger partial charge in [0.15, 0.2) is 11.9 Å². The molecule has 1 heterocycles. The molecule has 0 radical (unpaired) electrons. The van der Waals surface area contributed by atoms with Crippen molar-refractivity contribution in [1.29, 1.82) is 1.43 Å². The van der Waals surface area contributed by atoms with Crippen LogP contribution in [-0.4, -0.2) is 127 Å². The molecule has 176 valence electrons. The van der Waals surface area contributed by atoms with E-state index >= 15 is 0 Å². The predicted molar refractivity (Wildman–Crippen MR) is 92.4 cm³/mol. The summed E-state index contributed by atoms with van der Waals surface area (Å²) in [7, 11) is -5.37. The smallest absolute Gasteiger partial charge is 0.394 e. The quantitative estimate of drug-likeness (QED) is 0.127. The Hall–Kier alpha value is -1.07. The number of ether oxygens (including phenoxy) is 1. The van der Waals surface area contributed by atoms with Gasteiger partial charge in [-0.05, 0) is 0 Å². The van der Waals surface area contributed by atoms with Crippen LogP contribution in [0.1, 0.15) is 8.27 Å². The normalized spacial score (nSPS) is 33.9. The Morgan fingerprint density at radius 1 is 1.23 bits per heavy atom. The molecule has 0 aromatic heterocycles. The number of phosphoric acid groups is 1. The zero-order valence-corrected chi connectivity index (χ0v) is 16.2. The van der Waals surface area contributed by atoms with Gasteiger partial charge in [0.2, 0.25) is 7.34 Å². The van der Waals surface area contributed by atoms with Crippen LogP contribution in [0.5, 0.6) is 0 Å². The number of carbonyl (C=O) groups excluding carboxylic acids is 2. The molecular weight excluding hydrogens is 437 g/mol. The van der Waals surface area contributed by atoms with Crippen molar-refractivity contribution in [2.45, 2.75) is 61.8 Å². The summed E-state index contributed by atoms with van der Waals surface area (Å²) >= 11 is 0. The van der Waals surface area contributed by atoms with Gasteiger partial charge in [0.1, 0.15) is 42.7 Å². The highest BCUT2D eigenvalue weighted by Crippen LogP contribution is 2.40. The van der Waals surface area contributed by atoms with E-state index < -0.39 is 94.5 Å². The summed E-state index contributed by atoms with van der Waals surface area (Å²) in [5.74, 6) is -2.62. The van der Waals surface area contributed by atoms with E-state index in [1.807, 2.05) is 5.32 Å². The van der Waals surface area contributed by atoms with Crippen LogP contribution < -0.4 is 5.32 Å². The lowest BCUT2D eigenvalue weighted by Crippen LogP contribution is -2.67. The average molecular weight is 465 g/mol. The van der Waals surface area contributed by atoms with E-state index in [-0.39, 0.29) is 0 Å². The fraction of sp³-hybridized carbons (Fsp3) is 0.857. The lowest BCUT2D eigenvalue weighted by molar-refractivity contribution is -0.204. The molecule has 0 bridgehead atoms. The molecule has 1 saturated heterocycles. The van der Waals surface area contributed by atoms with Crippen molar-refractivity contribution in [3.63, 3.8) is 0 Å². The highest BCUT2D eigenvalue weighted by molar-refractivity contribution is 7.46. The van der Waals surface area contributed by atoms with Crippen molar-refractivity contribution in [2.24, 2.45) is 0 Å². The van der Waals surface area contributed by atoms with Crippen LogP contribution in [0, 0.1) is 0 Å². The first-order valence-electron chi connectivity index (χ1n) is 9.52. The van der Waals surface area contributed by atoms with Crippen molar-refractivity contribution >= 4 is 19.5 Å². The number of amides is 1. The van der Waals surface area contributed by atoms with Gasteiger partial charge >= 0.3 is 7.82 Å². The Morgan fingerprint density at radius 3 is 2.37 bits per heavy atom. The largest absolute Gasteiger partial charge is 0.470 e. The highest BCUT2D eigenvalue weighted by atomic mass is 31.2. The number of phosphoric ester groups is 1. The van der Waals surface area contributed by atoms with Gasteiger partial charge in [0, 0.05) is 8.27 Å². The number of hydrogen-bond acceptors (Lipinski definition) is 13. The first-order valence-corrected chi connectivity index (χ1v) is 9.90. The first-order chi connectivity index (χ1) is 14.8. The molecule has 0 spiro atoms. The molecule has 15 nitrogen and oxygen atoms in total. The van der Waals surface area contributed by atoms with Crippen LogP contribution in [0.3, 0.4) is 0 Å². The van der Waals surface area contributed by atoms with Gasteiger partial charge in [0.25, 0.3) is 0 Å². The number of aliphatic hydroxyl groups excluding tert-OH is 7. The molecule has 1 fully saturated rings. The van der Waals surface area contributed by atoms with Gasteiger partial charge in [-0.1, -0.05) is 0 Å². The summed E-state index contributed by atoms with van der Waals surface area (Å²) < 4.78 is 34.8. The second kappa shape index (κ2) is 11.0. The molecule has 0 aliphatic carbocycles. The molecule has 1 aliphatic heterocycles. The zero-order chi connectivity index (χ0) is 24.8. The van der Waals surface area contributed by atoms with E-state index in [0.717, 1.165) is 0 Å². The molecule has 0 saturated carbocycles. The third-order valence-electron chi connectivity index (χ3n) is 4.30. The van der Waals surface area contributed by atoms with Crippen molar-refractivity contribution in [3.05, 3.63) is 0 Å². The predicted octanol–water partition coefficient (Wildman–Crippen LogP) is -5.91. The molecule has 2 unspecified atom stereocenters. The Balaban J connectivity index is 3.39. The van der Waals surface area contributed by atoms with E-state index in [0.29, 0.717) is 0 Å². The van der Waals surface area contributed by atoms with E-state index in [9.17, 15) is 49.7 Å². The molecule has 0 aromatic carbocycles. The van der Waals surface area contributed by atoms with Crippen LogP contribution in [0.15, 0.2) is 0 Å². The summed E-state index contributed by atoms with van der Waals surface area (Å²) in [4.78, 5) is 37.5. The van der Waals surface area contributed by atoms with Crippen molar-refractivity contribution < 1.29 is 70.3 Å². The summed E-state index contributed by atoms with van der Waals surface area (Å²) in [6, 6.07) is -1.83. The van der Waals surface area contributed by atoms with Crippen LogP contribution >= 0.6 is 7.82 Å². The zero-order valence-electron chi connectivity index (χ0n) is 17.3. The maximum atomic E-state index is 13.1. The Morgan fingerprint density at radius 2 is 1.87 bits per heavy atom. The van der Waals surface area contributed by atoms with E-state index in [1.54, 1.807) is 0 Å². The van der Waals surface area contributed by atoms with Gasteiger partial charge < -0.3 is 55.6 Å². The number of carbonyl (C=O) groups is 2. The highest BCUT2D eigenvalue weighted by Gasteiger charge is 2.52. The maximum absolute atomic E-state index is 13.1. The van der Waals surface area contributed by atoms with Gasteiger partial charge in [0.05, 0.1) is 19.3 Å². The lowest BCUT2D eigenvalue weighted by Gasteiger charge is -2.43. The lowest BCUT2D eigenvalue weighted by atomic mass is 9.87. The maximum Gasteiger partial charge on any atom is 0.470 e. The SMILES string of the molecule is [2H]CC(=O)N[C@H]1C(C(=O)[C@@H](OP(=O)(O)O[2H])[C@@H](O)[C@H](O)[C@H](O)CO)O[C@H](CO)[C@@H](O)[C@@H]1O. The Kier molecular flexibility index (Phi) is 8.64. The summed E-state index contributed by atoms with van der Waals surface area (Å²) in [5, 5.41) is 70.2. The first kappa shape index (κ1) is 23.6. The van der Waals surface area contributed by atoms with Gasteiger partial charge in [-0.3, -0.25) is 14.1 Å². The third-order valence-corrected chi connectivity index (χ3v) is 4.80. The van der Waals surface area contributed by atoms with Crippen LogP contribution in [0.2, 0.25) is 0 Å². The molecule has 1 amide bonds. The average Bonchev–Trinajstić information content (AvgIpc) is 2.78. The molecule has 0 aromatic rings. The van der Waals surface area contributed by atoms with Crippen molar-refractivity contribution in [2.75, 3.05) is 13.2 Å². The van der Waals surface area contributed by atoms with Gasteiger partial charge in [-0.2, -0.15) is 0 Å². The molecule has 30 heavy (non-hydrogen) atoms. The third kappa shape index (κ3) is 6.71. The van der Waals surface area contributed by atoms with E-state index in [4.69, 9.17) is 12.6 Å². The minimum Gasteiger partial charge on any atom is -0.394 e. The van der Waals surface area contributed by atoms with Crippen molar-refractivity contribution in [3.8, 4) is 0 Å². The summed E-state index contributed by atoms with van der Waals surface area (Å²) in [6.07, 6.45) is -17.1. The monoisotopic (exact) mass is 465 g/mol. The molecule has 1 rings (SSSR count). The minimum absolute atomic E-state index is 0.883. The molecule has 16 heteroatoms. The van der Waals surface area contributed by atoms with E-state index in [1.165, 1.54) is 0 Å². The molecule has 10 N–H and O–H groups in total. The molecule has 1 aliphatic rings. The number of ketones is 1. The number of hydrogen-bond donors (Lipinski definition) is 10. The molecular formula is C14H26NO14P. The standard InChI is InChI=1S/C14H26NO14P/c1-4(18)15-7-10(22)9(21)6(3-17)28-13(7)12(24)14(29-30(25,26)27)11(23)8(20)5(19)2-16/h5-11,13-14,16-17,19-23H,2-3H2,1H3,(H,15,18)(H2,25,26,27)/t5-,6-,7-,8-,9-,10-,11+,13?,14+/m1/s1/i1D/hD. The second-order valence-electron chi connectivity index (χ2n) is 6.48. The fourth-order valence-corrected chi connectivity index (χ4v) is 3.33. The number of Topliss-reactive ketones (excluding diaryl/α,β-unsaturated/α-hetero) is 1. The molecule has 10 atom stereocenters. The fourth-order valence-electron chi connectivity index (χ4n) is 2.81. The van der Waals surface area contributed by atoms with Crippen molar-refractivity contribution in [1.82, 2.24) is 5.32 Å².